The van der Waals surface area contributed by atoms with Gasteiger partial charge in [0.2, 0.25) is 5.91 Å². The van der Waals surface area contributed by atoms with Gasteiger partial charge in [-0.3, -0.25) is 4.79 Å². The Kier molecular flexibility index (Phi) is 5.89. The van der Waals surface area contributed by atoms with Gasteiger partial charge in [-0.1, -0.05) is 30.3 Å². The van der Waals surface area contributed by atoms with E-state index in [1.54, 1.807) is 9.80 Å². The van der Waals surface area contributed by atoms with E-state index in [4.69, 9.17) is 4.74 Å². The molecule has 0 saturated carbocycles. The minimum atomic E-state index is -0.897. The Morgan fingerprint density at radius 1 is 1.04 bits per heavy atom. The summed E-state index contributed by atoms with van der Waals surface area (Å²) < 4.78 is 18.8. The average Bonchev–Trinajstić information content (AvgIpc) is 2.66. The molecule has 0 aliphatic carbocycles. The van der Waals surface area contributed by atoms with Crippen molar-refractivity contribution in [2.75, 3.05) is 26.2 Å². The van der Waals surface area contributed by atoms with Gasteiger partial charge in [0.25, 0.3) is 0 Å². The van der Waals surface area contributed by atoms with Gasteiger partial charge in [0, 0.05) is 25.6 Å². The molecule has 0 spiro atoms. The number of carbonyl (C=O) groups is 2. The van der Waals surface area contributed by atoms with Gasteiger partial charge in [0.15, 0.2) is 0 Å². The fourth-order valence-electron chi connectivity index (χ4n) is 3.50. The van der Waals surface area contributed by atoms with Crippen molar-refractivity contribution >= 4 is 12.0 Å². The minimum Gasteiger partial charge on any atom is -0.445 e. The first-order valence-corrected chi connectivity index (χ1v) is 9.02. The molecule has 2 aliphatic heterocycles. The lowest BCUT2D eigenvalue weighted by Crippen LogP contribution is -2.47. The number of likely N-dealkylation sites (tertiary alicyclic amines) is 2. The number of ether oxygens (including phenoxy) is 1. The summed E-state index contributed by atoms with van der Waals surface area (Å²) >= 11 is 0. The van der Waals surface area contributed by atoms with Gasteiger partial charge in [0.05, 0.1) is 6.54 Å². The number of hydrogen-bond donors (Lipinski definition) is 0. The smallest absolute Gasteiger partial charge is 0.410 e. The third-order valence-corrected chi connectivity index (χ3v) is 4.98. The molecule has 2 aliphatic rings. The average molecular weight is 348 g/mol. The summed E-state index contributed by atoms with van der Waals surface area (Å²) in [6, 6.07) is 9.55. The molecule has 2 saturated heterocycles. The van der Waals surface area contributed by atoms with Crippen LogP contribution in [0.2, 0.25) is 0 Å². The highest BCUT2D eigenvalue weighted by Gasteiger charge is 2.32. The summed E-state index contributed by atoms with van der Waals surface area (Å²) in [5.41, 5.74) is 0.951. The van der Waals surface area contributed by atoms with Gasteiger partial charge in [-0.25, -0.2) is 9.18 Å². The van der Waals surface area contributed by atoms with Crippen LogP contribution in [0.15, 0.2) is 30.3 Å². The zero-order valence-corrected chi connectivity index (χ0v) is 14.4. The number of benzene rings is 1. The molecule has 25 heavy (non-hydrogen) atoms. The maximum Gasteiger partial charge on any atom is 0.410 e. The molecule has 6 heteroatoms. The van der Waals surface area contributed by atoms with Crippen molar-refractivity contribution in [2.45, 2.75) is 38.5 Å². The highest BCUT2D eigenvalue weighted by atomic mass is 19.1. The van der Waals surface area contributed by atoms with Crippen LogP contribution in [0, 0.1) is 5.92 Å². The number of rotatable bonds is 3. The maximum absolute atomic E-state index is 13.5. The number of nitrogens with zero attached hydrogens (tertiary/aromatic N) is 2. The van der Waals surface area contributed by atoms with Crippen molar-refractivity contribution in [3.05, 3.63) is 35.9 Å². The molecule has 1 aromatic carbocycles. The van der Waals surface area contributed by atoms with Gasteiger partial charge >= 0.3 is 6.09 Å². The fraction of sp³-hybridized carbons (Fsp3) is 0.579. The Morgan fingerprint density at radius 3 is 2.44 bits per heavy atom. The summed E-state index contributed by atoms with van der Waals surface area (Å²) in [6.45, 7) is 2.15. The Labute approximate surface area is 147 Å². The lowest BCUT2D eigenvalue weighted by atomic mass is 9.94. The SMILES string of the molecule is O=C(OCc1ccccc1)N1CCC(C(=O)N2CCCC(F)C2)CC1. The molecule has 2 amide bonds. The quantitative estimate of drug-likeness (QED) is 0.844. The topological polar surface area (TPSA) is 49.9 Å². The van der Waals surface area contributed by atoms with E-state index >= 15 is 0 Å². The summed E-state index contributed by atoms with van der Waals surface area (Å²) in [5, 5.41) is 0. The summed E-state index contributed by atoms with van der Waals surface area (Å²) in [7, 11) is 0. The lowest BCUT2D eigenvalue weighted by molar-refractivity contribution is -0.139. The standard InChI is InChI=1S/C19H25FN2O3/c20-17-7-4-10-22(13-17)18(23)16-8-11-21(12-9-16)19(24)25-14-15-5-2-1-3-6-15/h1-3,5-6,16-17H,4,7-14H2. The largest absolute Gasteiger partial charge is 0.445 e. The van der Waals surface area contributed by atoms with Crippen molar-refractivity contribution < 1.29 is 18.7 Å². The molecule has 1 unspecified atom stereocenters. The summed E-state index contributed by atoms with van der Waals surface area (Å²) in [6.07, 6.45) is 1.29. The molecule has 2 fully saturated rings. The lowest BCUT2D eigenvalue weighted by Gasteiger charge is -2.35. The zero-order chi connectivity index (χ0) is 17.6. The van der Waals surface area contributed by atoms with Gasteiger partial charge < -0.3 is 14.5 Å². The Hall–Kier alpha value is -2.11. The van der Waals surface area contributed by atoms with Crippen LogP contribution in [0.4, 0.5) is 9.18 Å². The van der Waals surface area contributed by atoms with Crippen molar-refractivity contribution in [3.63, 3.8) is 0 Å². The predicted molar refractivity (Wildman–Crippen MR) is 91.6 cm³/mol. The van der Waals surface area contributed by atoms with Crippen molar-refractivity contribution in [3.8, 4) is 0 Å². The van der Waals surface area contributed by atoms with Gasteiger partial charge in [0.1, 0.15) is 12.8 Å². The molecule has 0 N–H and O–H groups in total. The number of amides is 2. The molecule has 1 aromatic rings. The van der Waals surface area contributed by atoms with Crippen LogP contribution in [0.3, 0.4) is 0 Å². The molecule has 136 valence electrons. The Morgan fingerprint density at radius 2 is 1.76 bits per heavy atom. The van der Waals surface area contributed by atoms with Crippen LogP contribution in [-0.4, -0.2) is 54.2 Å². The van der Waals surface area contributed by atoms with Crippen LogP contribution in [0.5, 0.6) is 0 Å². The molecule has 0 radical (unpaired) electrons. The monoisotopic (exact) mass is 348 g/mol. The predicted octanol–water partition coefficient (Wildman–Crippen LogP) is 3.00. The second-order valence-corrected chi connectivity index (χ2v) is 6.83. The molecule has 2 heterocycles. The van der Waals surface area contributed by atoms with E-state index in [0.717, 1.165) is 12.0 Å². The second kappa shape index (κ2) is 8.32. The zero-order valence-electron chi connectivity index (χ0n) is 14.4. The first kappa shape index (κ1) is 17.7. The van der Waals surface area contributed by atoms with E-state index in [9.17, 15) is 14.0 Å². The molecular weight excluding hydrogens is 323 g/mol. The Bertz CT molecular complexity index is 588. The van der Waals surface area contributed by atoms with Crippen molar-refractivity contribution in [1.82, 2.24) is 9.80 Å². The summed E-state index contributed by atoms with van der Waals surface area (Å²) in [5.74, 6) is -0.0665. The molecule has 0 aromatic heterocycles. The van der Waals surface area contributed by atoms with Crippen molar-refractivity contribution in [1.29, 1.82) is 0 Å². The van der Waals surface area contributed by atoms with Crippen LogP contribution in [0.1, 0.15) is 31.2 Å². The highest BCUT2D eigenvalue weighted by Crippen LogP contribution is 2.23. The third-order valence-electron chi connectivity index (χ3n) is 4.98. The molecule has 5 nitrogen and oxygen atoms in total. The fourth-order valence-corrected chi connectivity index (χ4v) is 3.50. The number of alkyl halides is 1. The highest BCUT2D eigenvalue weighted by molar-refractivity contribution is 5.79. The molecule has 0 bridgehead atoms. The van der Waals surface area contributed by atoms with Gasteiger partial charge in [-0.2, -0.15) is 0 Å². The molecule has 1 atom stereocenters. The molecule has 3 rings (SSSR count). The number of hydrogen-bond acceptors (Lipinski definition) is 3. The van der Waals surface area contributed by atoms with E-state index < -0.39 is 6.17 Å². The summed E-state index contributed by atoms with van der Waals surface area (Å²) in [4.78, 5) is 28.0. The first-order chi connectivity index (χ1) is 12.1. The number of halogens is 1. The maximum atomic E-state index is 13.5. The van der Waals surface area contributed by atoms with E-state index in [2.05, 4.69) is 0 Å². The third kappa shape index (κ3) is 4.71. The first-order valence-electron chi connectivity index (χ1n) is 9.02. The van der Waals surface area contributed by atoms with E-state index in [-0.39, 0.29) is 31.1 Å². The van der Waals surface area contributed by atoms with Crippen molar-refractivity contribution in [2.24, 2.45) is 5.92 Å². The number of carbonyl (C=O) groups excluding carboxylic acids is 2. The van der Waals surface area contributed by atoms with Crippen LogP contribution in [0.25, 0.3) is 0 Å². The molecular formula is C19H25FN2O3. The van der Waals surface area contributed by atoms with Crippen LogP contribution >= 0.6 is 0 Å². The van der Waals surface area contributed by atoms with E-state index in [0.29, 0.717) is 38.9 Å². The van der Waals surface area contributed by atoms with E-state index in [1.807, 2.05) is 30.3 Å². The van der Waals surface area contributed by atoms with Gasteiger partial charge in [-0.05, 0) is 31.2 Å². The van der Waals surface area contributed by atoms with Crippen LogP contribution in [-0.2, 0) is 16.1 Å². The van der Waals surface area contributed by atoms with E-state index in [1.165, 1.54) is 0 Å². The second-order valence-electron chi connectivity index (χ2n) is 6.83. The van der Waals surface area contributed by atoms with Crippen LogP contribution < -0.4 is 0 Å². The minimum absolute atomic E-state index is 0.0413. The van der Waals surface area contributed by atoms with Gasteiger partial charge in [-0.15, -0.1) is 0 Å². The normalized spacial score (nSPS) is 21.9. The number of piperidine rings is 2. The Balaban J connectivity index is 1.43.